The van der Waals surface area contributed by atoms with E-state index in [1.807, 2.05) is 25.9 Å². The molecule has 0 bridgehead atoms. The minimum Gasteiger partial charge on any atom is -0.507 e. The molecule has 188 valence electrons. The number of carbonyl (C=O) groups is 3. The third-order valence-corrected chi connectivity index (χ3v) is 6.49. The van der Waals surface area contributed by atoms with Crippen molar-refractivity contribution in [2.45, 2.75) is 18.9 Å². The zero-order chi connectivity index (χ0) is 26.0. The molecular formula is C28H31N3O5. The van der Waals surface area contributed by atoms with E-state index in [2.05, 4.69) is 6.58 Å². The number of Topliss-reactive ketones (excluding diaryl/α,β-unsaturated/α-hetero) is 1. The van der Waals surface area contributed by atoms with Crippen LogP contribution in [0.15, 0.2) is 66.8 Å². The molecule has 8 heteroatoms. The van der Waals surface area contributed by atoms with E-state index in [1.165, 1.54) is 9.80 Å². The molecule has 1 saturated heterocycles. The first-order chi connectivity index (χ1) is 17.3. The topological polar surface area (TPSA) is 90.4 Å². The fraction of sp³-hybridized carbons (Fsp3) is 0.321. The van der Waals surface area contributed by atoms with Gasteiger partial charge in [-0.3, -0.25) is 14.4 Å². The van der Waals surface area contributed by atoms with Crippen LogP contribution in [-0.2, 0) is 19.9 Å². The summed E-state index contributed by atoms with van der Waals surface area (Å²) in [6.07, 6.45) is 2.44. The number of amides is 2. The first-order valence-electron chi connectivity index (χ1n) is 12.0. The number of anilines is 1. The van der Waals surface area contributed by atoms with E-state index < -0.39 is 28.9 Å². The maximum atomic E-state index is 14.2. The third-order valence-electron chi connectivity index (χ3n) is 6.49. The van der Waals surface area contributed by atoms with Crippen molar-refractivity contribution < 1.29 is 24.2 Å². The van der Waals surface area contributed by atoms with Crippen molar-refractivity contribution in [2.75, 3.05) is 45.2 Å². The zero-order valence-corrected chi connectivity index (χ0v) is 20.9. The van der Waals surface area contributed by atoms with Crippen LogP contribution >= 0.6 is 0 Å². The van der Waals surface area contributed by atoms with Crippen molar-refractivity contribution in [3.8, 4) is 5.75 Å². The number of likely N-dealkylation sites (N-methyl/N-ethyl adjacent to an activating group) is 1. The standard InChI is InChI=1S/C28H31N3O5/c1-5-15-30-22-10-8-7-9-21(22)28(27(30)35)23(25(33)26(34)31(28)17-16-29(3)4)24(32)19-11-13-20(14-12-19)36-18-6-2/h5,7-14,32H,1,6,15-18H2,2-4H3/b24-23+. The largest absolute Gasteiger partial charge is 0.507 e. The van der Waals surface area contributed by atoms with Crippen molar-refractivity contribution in [1.82, 2.24) is 9.80 Å². The van der Waals surface area contributed by atoms with E-state index in [0.717, 1.165) is 6.42 Å². The Bertz CT molecular complexity index is 1230. The van der Waals surface area contributed by atoms with E-state index in [-0.39, 0.29) is 18.7 Å². The summed E-state index contributed by atoms with van der Waals surface area (Å²) in [7, 11) is 3.69. The smallest absolute Gasteiger partial charge is 0.296 e. The molecule has 2 aromatic carbocycles. The van der Waals surface area contributed by atoms with E-state index in [4.69, 9.17) is 4.74 Å². The van der Waals surface area contributed by atoms with Crippen LogP contribution in [0.5, 0.6) is 5.75 Å². The van der Waals surface area contributed by atoms with Crippen LogP contribution < -0.4 is 9.64 Å². The number of carbonyl (C=O) groups excluding carboxylic acids is 3. The summed E-state index contributed by atoms with van der Waals surface area (Å²) < 4.78 is 5.62. The second-order valence-corrected chi connectivity index (χ2v) is 9.12. The molecule has 2 aliphatic rings. The Morgan fingerprint density at radius 1 is 1.11 bits per heavy atom. The second-order valence-electron chi connectivity index (χ2n) is 9.12. The molecule has 36 heavy (non-hydrogen) atoms. The molecule has 0 aromatic heterocycles. The van der Waals surface area contributed by atoms with Gasteiger partial charge in [-0.15, -0.1) is 6.58 Å². The van der Waals surface area contributed by atoms with Gasteiger partial charge < -0.3 is 24.5 Å². The predicted octanol–water partition coefficient (Wildman–Crippen LogP) is 3.15. The summed E-state index contributed by atoms with van der Waals surface area (Å²) in [5, 5.41) is 11.5. The molecule has 1 N–H and O–H groups in total. The molecule has 0 saturated carbocycles. The highest BCUT2D eigenvalue weighted by molar-refractivity contribution is 6.50. The van der Waals surface area contributed by atoms with Crippen molar-refractivity contribution >= 4 is 29.0 Å². The number of aliphatic hydroxyl groups excluding tert-OH is 1. The lowest BCUT2D eigenvalue weighted by molar-refractivity contribution is -0.143. The van der Waals surface area contributed by atoms with Crippen molar-refractivity contribution in [2.24, 2.45) is 0 Å². The van der Waals surface area contributed by atoms with Gasteiger partial charge in [-0.25, -0.2) is 0 Å². The summed E-state index contributed by atoms with van der Waals surface area (Å²) in [5.74, 6) is -1.95. The highest BCUT2D eigenvalue weighted by Gasteiger charge is 2.66. The Labute approximate surface area is 211 Å². The Balaban J connectivity index is 1.95. The van der Waals surface area contributed by atoms with Gasteiger partial charge in [0.25, 0.3) is 17.6 Å². The van der Waals surface area contributed by atoms with Gasteiger partial charge in [0.2, 0.25) is 0 Å². The summed E-state index contributed by atoms with van der Waals surface area (Å²) in [6, 6.07) is 13.7. The quantitative estimate of drug-likeness (QED) is 0.252. The molecule has 0 aliphatic carbocycles. The SMILES string of the molecule is C=CCN1C(=O)C2(/C(=C(/O)c3ccc(OCCC)cc3)C(=O)C(=O)N2CCN(C)C)c2ccccc21. The van der Waals surface area contributed by atoms with Crippen LogP contribution in [0.1, 0.15) is 24.5 Å². The number of ether oxygens (including phenoxy) is 1. The lowest BCUT2D eigenvalue weighted by atomic mass is 9.82. The molecule has 2 aliphatic heterocycles. The Morgan fingerprint density at radius 3 is 2.44 bits per heavy atom. The fourth-order valence-corrected chi connectivity index (χ4v) is 4.85. The average molecular weight is 490 g/mol. The molecule has 2 aromatic rings. The molecule has 0 radical (unpaired) electrons. The molecule has 2 amide bonds. The van der Waals surface area contributed by atoms with Crippen LogP contribution in [0.3, 0.4) is 0 Å². The zero-order valence-electron chi connectivity index (χ0n) is 20.9. The van der Waals surface area contributed by atoms with Crippen molar-refractivity contribution in [3.05, 3.63) is 77.9 Å². The average Bonchev–Trinajstić information content (AvgIpc) is 3.25. The summed E-state index contributed by atoms with van der Waals surface area (Å²) >= 11 is 0. The highest BCUT2D eigenvalue weighted by atomic mass is 16.5. The number of para-hydroxylation sites is 1. The van der Waals surface area contributed by atoms with E-state index in [0.29, 0.717) is 35.7 Å². The van der Waals surface area contributed by atoms with Crippen LogP contribution in [0.4, 0.5) is 5.69 Å². The van der Waals surface area contributed by atoms with E-state index in [9.17, 15) is 19.5 Å². The van der Waals surface area contributed by atoms with Crippen LogP contribution in [0, 0.1) is 0 Å². The normalized spacial score (nSPS) is 20.5. The Morgan fingerprint density at radius 2 is 1.81 bits per heavy atom. The number of fused-ring (bicyclic) bond motifs is 2. The summed E-state index contributed by atoms with van der Waals surface area (Å²) in [6.45, 7) is 7.06. The molecule has 1 unspecified atom stereocenters. The molecule has 1 atom stereocenters. The van der Waals surface area contributed by atoms with Crippen LogP contribution in [0.25, 0.3) is 5.76 Å². The molecule has 2 heterocycles. The first kappa shape index (κ1) is 25.2. The van der Waals surface area contributed by atoms with Crippen LogP contribution in [0.2, 0.25) is 0 Å². The number of ketones is 1. The van der Waals surface area contributed by atoms with Gasteiger partial charge in [-0.1, -0.05) is 31.2 Å². The minimum absolute atomic E-state index is 0.125. The molecular weight excluding hydrogens is 458 g/mol. The minimum atomic E-state index is -1.77. The van der Waals surface area contributed by atoms with Gasteiger partial charge in [-0.2, -0.15) is 0 Å². The van der Waals surface area contributed by atoms with Gasteiger partial charge in [-0.05, 0) is 50.8 Å². The monoisotopic (exact) mass is 489 g/mol. The maximum absolute atomic E-state index is 14.2. The van der Waals surface area contributed by atoms with Crippen LogP contribution in [-0.4, -0.2) is 72.8 Å². The van der Waals surface area contributed by atoms with Crippen molar-refractivity contribution in [1.29, 1.82) is 0 Å². The lowest BCUT2D eigenvalue weighted by Crippen LogP contribution is -2.53. The number of benzene rings is 2. The maximum Gasteiger partial charge on any atom is 0.296 e. The van der Waals surface area contributed by atoms with E-state index >= 15 is 0 Å². The first-order valence-corrected chi connectivity index (χ1v) is 12.0. The summed E-state index contributed by atoms with van der Waals surface area (Å²) in [5.41, 5.74) is -0.618. The number of nitrogens with zero attached hydrogens (tertiary/aromatic N) is 3. The molecule has 1 fully saturated rings. The van der Waals surface area contributed by atoms with Gasteiger partial charge in [0.1, 0.15) is 11.5 Å². The second kappa shape index (κ2) is 9.99. The number of rotatable bonds is 9. The Hall–Kier alpha value is -3.91. The lowest BCUT2D eigenvalue weighted by Gasteiger charge is -2.35. The van der Waals surface area contributed by atoms with E-state index in [1.54, 1.807) is 54.6 Å². The predicted molar refractivity (Wildman–Crippen MR) is 138 cm³/mol. The molecule has 8 nitrogen and oxygen atoms in total. The number of hydrogen-bond donors (Lipinski definition) is 1. The fourth-order valence-electron chi connectivity index (χ4n) is 4.85. The van der Waals surface area contributed by atoms with Gasteiger partial charge in [0, 0.05) is 30.8 Å². The third kappa shape index (κ3) is 3.87. The number of likely N-dealkylation sites (tertiary alicyclic amines) is 1. The van der Waals surface area contributed by atoms with Gasteiger partial charge >= 0.3 is 0 Å². The Kier molecular flexibility index (Phi) is 6.99. The number of aliphatic hydroxyl groups is 1. The van der Waals surface area contributed by atoms with Gasteiger partial charge in [0.05, 0.1) is 17.9 Å². The molecule has 1 spiro atoms. The van der Waals surface area contributed by atoms with Gasteiger partial charge in [0.15, 0.2) is 5.54 Å². The summed E-state index contributed by atoms with van der Waals surface area (Å²) in [4.78, 5) is 45.8. The number of hydrogen-bond acceptors (Lipinski definition) is 6. The van der Waals surface area contributed by atoms with Crippen molar-refractivity contribution in [3.63, 3.8) is 0 Å². The molecule has 4 rings (SSSR count). The highest BCUT2D eigenvalue weighted by Crippen LogP contribution is 2.53.